The third-order valence-corrected chi connectivity index (χ3v) is 12.1. The third kappa shape index (κ3) is 6.82. The molecule has 7 heterocycles. The van der Waals surface area contributed by atoms with Crippen molar-refractivity contribution in [3.05, 3.63) is 35.9 Å². The van der Waals surface area contributed by atoms with E-state index in [-0.39, 0.29) is 18.1 Å². The summed E-state index contributed by atoms with van der Waals surface area (Å²) in [6, 6.07) is 2.66. The summed E-state index contributed by atoms with van der Waals surface area (Å²) in [6.45, 7) is 14.4. The van der Waals surface area contributed by atoms with Gasteiger partial charge in [0.15, 0.2) is 5.65 Å². The van der Waals surface area contributed by atoms with Gasteiger partial charge < -0.3 is 29.5 Å². The lowest BCUT2D eigenvalue weighted by Crippen LogP contribution is -2.49. The number of carbonyl (C=O) groups is 2. The SMILES string of the molecule is Cc1nn(C2CCC(CN3CCC4(CC3)CCN(C(=O)OC(C)(C)C)CC4)CC2)cc1NC(=O)c1cnn2ccc(N3C[C@H]4C[C@@H]3CO4)nc12. The van der Waals surface area contributed by atoms with E-state index in [4.69, 9.17) is 19.6 Å². The lowest BCUT2D eigenvalue weighted by Gasteiger charge is -2.47. The number of piperidine rings is 2. The summed E-state index contributed by atoms with van der Waals surface area (Å²) in [5.41, 5.74) is 2.50. The number of rotatable bonds is 6. The van der Waals surface area contributed by atoms with Gasteiger partial charge in [-0.15, -0.1) is 0 Å². The van der Waals surface area contributed by atoms with Gasteiger partial charge in [0.2, 0.25) is 0 Å². The average molecular weight is 688 g/mol. The molecule has 1 spiro atoms. The van der Waals surface area contributed by atoms with Crippen molar-refractivity contribution in [2.45, 2.75) is 109 Å². The van der Waals surface area contributed by atoms with Gasteiger partial charge in [-0.2, -0.15) is 10.2 Å². The van der Waals surface area contributed by atoms with Crippen LogP contribution in [0.2, 0.25) is 0 Å². The predicted octanol–water partition coefficient (Wildman–Crippen LogP) is 5.31. The molecule has 1 N–H and O–H groups in total. The number of carbonyl (C=O) groups excluding carboxylic acids is 2. The summed E-state index contributed by atoms with van der Waals surface area (Å²) in [6.07, 6.45) is 15.8. The largest absolute Gasteiger partial charge is 0.444 e. The zero-order valence-electron chi connectivity index (χ0n) is 30.1. The van der Waals surface area contributed by atoms with Crippen molar-refractivity contribution in [1.82, 2.24) is 34.2 Å². The fraction of sp³-hybridized carbons (Fsp3) is 0.703. The highest BCUT2D eigenvalue weighted by molar-refractivity contribution is 6.08. The molecule has 0 unspecified atom stereocenters. The van der Waals surface area contributed by atoms with Crippen LogP contribution in [-0.2, 0) is 9.47 Å². The molecule has 270 valence electrons. The number of anilines is 2. The van der Waals surface area contributed by atoms with Crippen LogP contribution in [0, 0.1) is 18.3 Å². The molecule has 4 aliphatic heterocycles. The summed E-state index contributed by atoms with van der Waals surface area (Å²) in [4.78, 5) is 37.8. The third-order valence-electron chi connectivity index (χ3n) is 12.1. The lowest BCUT2D eigenvalue weighted by atomic mass is 9.71. The molecule has 5 aliphatic rings. The fourth-order valence-electron chi connectivity index (χ4n) is 9.00. The topological polar surface area (TPSA) is 122 Å². The molecule has 13 heteroatoms. The van der Waals surface area contributed by atoms with Crippen LogP contribution in [0.1, 0.15) is 101 Å². The van der Waals surface area contributed by atoms with Crippen LogP contribution in [0.4, 0.5) is 16.3 Å². The molecule has 4 saturated heterocycles. The molecule has 2 atom stereocenters. The van der Waals surface area contributed by atoms with E-state index in [9.17, 15) is 9.59 Å². The molecule has 3 aromatic rings. The maximum atomic E-state index is 13.5. The maximum absolute atomic E-state index is 13.5. The van der Waals surface area contributed by atoms with E-state index in [2.05, 4.69) is 24.9 Å². The van der Waals surface area contributed by atoms with Crippen LogP contribution in [0.25, 0.3) is 5.65 Å². The van der Waals surface area contributed by atoms with Crippen LogP contribution >= 0.6 is 0 Å². The van der Waals surface area contributed by atoms with E-state index in [0.29, 0.717) is 34.6 Å². The first kappa shape index (κ1) is 33.4. The number of amides is 2. The van der Waals surface area contributed by atoms with Crippen molar-refractivity contribution in [1.29, 1.82) is 0 Å². The van der Waals surface area contributed by atoms with E-state index >= 15 is 0 Å². The number of hydrogen-bond donors (Lipinski definition) is 1. The zero-order chi connectivity index (χ0) is 34.6. The molecule has 2 amide bonds. The number of aromatic nitrogens is 5. The van der Waals surface area contributed by atoms with Crippen molar-refractivity contribution < 1.29 is 19.1 Å². The van der Waals surface area contributed by atoms with E-state index < -0.39 is 5.60 Å². The molecular weight excluding hydrogens is 634 g/mol. The highest BCUT2D eigenvalue weighted by Gasteiger charge is 2.41. The standard InChI is InChI=1S/C37H53N9O4/c1-25-31(39-34(47)30-20-38-45-14-9-32(40-33(30)45)44-22-29-19-28(44)24-49-29)23-46(41-25)27-7-5-26(6-8-27)21-42-15-10-37(11-16-42)12-17-43(18-13-37)35(48)50-36(2,3)4/h9,14,20,23,26-29H,5-8,10-13,15-19,21-22,24H2,1-4H3,(H,39,47)/t26?,27?,28-,29-/m1/s1. The van der Waals surface area contributed by atoms with E-state index in [0.717, 1.165) is 88.6 Å². The Morgan fingerprint density at radius 2 is 1.78 bits per heavy atom. The van der Waals surface area contributed by atoms with Crippen molar-refractivity contribution >= 4 is 29.2 Å². The molecule has 50 heavy (non-hydrogen) atoms. The molecule has 1 aliphatic carbocycles. The van der Waals surface area contributed by atoms with E-state index in [1.807, 2.05) is 51.1 Å². The van der Waals surface area contributed by atoms with Crippen molar-refractivity contribution in [3.63, 3.8) is 0 Å². The van der Waals surface area contributed by atoms with Gasteiger partial charge in [0.05, 0.1) is 42.4 Å². The van der Waals surface area contributed by atoms with Crippen LogP contribution in [0.3, 0.4) is 0 Å². The van der Waals surface area contributed by atoms with Crippen molar-refractivity contribution in [2.75, 3.05) is 56.1 Å². The van der Waals surface area contributed by atoms with Crippen molar-refractivity contribution in [2.24, 2.45) is 11.3 Å². The number of likely N-dealkylation sites (tertiary alicyclic amines) is 2. The molecule has 8 rings (SSSR count). The highest BCUT2D eigenvalue weighted by Crippen LogP contribution is 2.42. The maximum Gasteiger partial charge on any atom is 0.410 e. The highest BCUT2D eigenvalue weighted by atomic mass is 16.6. The summed E-state index contributed by atoms with van der Waals surface area (Å²) in [7, 11) is 0. The summed E-state index contributed by atoms with van der Waals surface area (Å²) in [5, 5.41) is 12.3. The van der Waals surface area contributed by atoms with Gasteiger partial charge >= 0.3 is 6.09 Å². The Kier molecular flexibility index (Phi) is 8.77. The van der Waals surface area contributed by atoms with Gasteiger partial charge in [-0.05, 0) is 116 Å². The number of morpholine rings is 1. The Morgan fingerprint density at radius 1 is 1.04 bits per heavy atom. The van der Waals surface area contributed by atoms with Crippen molar-refractivity contribution in [3.8, 4) is 0 Å². The Bertz CT molecular complexity index is 1700. The normalized spacial score (nSPS) is 27.0. The quantitative estimate of drug-likeness (QED) is 0.368. The average Bonchev–Trinajstić information content (AvgIpc) is 3.90. The molecule has 5 fully saturated rings. The Balaban J connectivity index is 0.809. The van der Waals surface area contributed by atoms with Gasteiger partial charge in [-0.1, -0.05) is 0 Å². The van der Waals surface area contributed by atoms with Gasteiger partial charge in [0.25, 0.3) is 5.91 Å². The number of ether oxygens (including phenoxy) is 2. The second-order valence-corrected chi connectivity index (χ2v) is 16.6. The molecular formula is C37H53N9O4. The number of nitrogens with zero attached hydrogens (tertiary/aromatic N) is 8. The molecule has 1 saturated carbocycles. The Hall–Kier alpha value is -3.71. The summed E-state index contributed by atoms with van der Waals surface area (Å²) < 4.78 is 15.1. The van der Waals surface area contributed by atoms with Crippen LogP contribution in [0.5, 0.6) is 0 Å². The minimum absolute atomic E-state index is 0.165. The first-order chi connectivity index (χ1) is 24.0. The number of hydrogen-bond acceptors (Lipinski definition) is 9. The molecule has 2 bridgehead atoms. The smallest absolute Gasteiger partial charge is 0.410 e. The number of aryl methyl sites for hydroxylation is 1. The molecule has 13 nitrogen and oxygen atoms in total. The molecule has 3 aromatic heterocycles. The molecule has 0 radical (unpaired) electrons. The van der Waals surface area contributed by atoms with Gasteiger partial charge in [-0.25, -0.2) is 14.3 Å². The first-order valence-electron chi connectivity index (χ1n) is 18.8. The van der Waals surface area contributed by atoms with Gasteiger partial charge in [0, 0.05) is 38.6 Å². The van der Waals surface area contributed by atoms with E-state index in [1.165, 1.54) is 32.2 Å². The minimum atomic E-state index is -0.445. The van der Waals surface area contributed by atoms with Crippen LogP contribution in [0.15, 0.2) is 24.7 Å². The second kappa shape index (κ2) is 13.1. The monoisotopic (exact) mass is 687 g/mol. The van der Waals surface area contributed by atoms with E-state index in [1.54, 1.807) is 10.7 Å². The summed E-state index contributed by atoms with van der Waals surface area (Å²) >= 11 is 0. The van der Waals surface area contributed by atoms with Gasteiger partial charge in [-0.3, -0.25) is 9.48 Å². The Morgan fingerprint density at radius 3 is 2.46 bits per heavy atom. The number of nitrogens with one attached hydrogen (secondary N) is 1. The minimum Gasteiger partial charge on any atom is -0.444 e. The molecule has 0 aromatic carbocycles. The Labute approximate surface area is 294 Å². The second-order valence-electron chi connectivity index (χ2n) is 16.6. The summed E-state index contributed by atoms with van der Waals surface area (Å²) in [5.74, 6) is 1.35. The lowest BCUT2D eigenvalue weighted by molar-refractivity contribution is -0.00438. The van der Waals surface area contributed by atoms with Gasteiger partial charge in [0.1, 0.15) is 17.0 Å². The zero-order valence-corrected chi connectivity index (χ0v) is 30.1. The number of fused-ring (bicyclic) bond motifs is 3. The van der Waals surface area contributed by atoms with Crippen LogP contribution in [-0.4, -0.2) is 110 Å². The predicted molar refractivity (Wildman–Crippen MR) is 190 cm³/mol. The fourth-order valence-corrected chi connectivity index (χ4v) is 9.00. The van der Waals surface area contributed by atoms with Crippen LogP contribution < -0.4 is 10.2 Å². The first-order valence-corrected chi connectivity index (χ1v) is 18.8.